The Kier molecular flexibility index (Phi) is 4.73. The van der Waals surface area contributed by atoms with Gasteiger partial charge >= 0.3 is 7.82 Å². The molecule has 3 amide bonds. The minimum Gasteiger partial charge on any atom is -0.318 e. The average Bonchev–Trinajstić information content (AvgIpc) is 2.65. The van der Waals surface area contributed by atoms with Gasteiger partial charge in [-0.25, -0.2) is 19.8 Å². The first kappa shape index (κ1) is 22.1. The summed E-state index contributed by atoms with van der Waals surface area (Å²) in [6.45, 7) is 9.46. The minimum atomic E-state index is -4.77. The van der Waals surface area contributed by atoms with Gasteiger partial charge in [-0.3, -0.25) is 14.4 Å². The highest BCUT2D eigenvalue weighted by Crippen LogP contribution is 2.58. The molecule has 6 N–H and O–H groups in total. The Bertz CT molecular complexity index is 725. The molecule has 3 saturated heterocycles. The van der Waals surface area contributed by atoms with Gasteiger partial charge in [0.25, 0.3) is 17.7 Å². The molecule has 0 aromatic rings. The number of hydrogen-bond donors (Lipinski definition) is 3. The third-order valence-electron chi connectivity index (χ3n) is 5.80. The van der Waals surface area contributed by atoms with Gasteiger partial charge in [-0.1, -0.05) is 0 Å². The summed E-state index contributed by atoms with van der Waals surface area (Å²) in [6, 6.07) is -2.70. The predicted molar refractivity (Wildman–Crippen MR) is 97.6 cm³/mol. The highest BCUT2D eigenvalue weighted by Gasteiger charge is 2.63. The van der Waals surface area contributed by atoms with Crippen LogP contribution in [0.15, 0.2) is 0 Å². The normalized spacial score (nSPS) is 32.7. The largest absolute Gasteiger partial charge is 0.540 e. The van der Waals surface area contributed by atoms with Crippen LogP contribution in [-0.2, 0) is 32.8 Å². The highest BCUT2D eigenvalue weighted by molar-refractivity contribution is 7.48. The van der Waals surface area contributed by atoms with Gasteiger partial charge < -0.3 is 17.2 Å². The van der Waals surface area contributed by atoms with Gasteiger partial charge in [0.05, 0.1) is 16.6 Å². The monoisotopic (exact) mass is 434 g/mol. The summed E-state index contributed by atoms with van der Waals surface area (Å²) in [5, 5.41) is 2.23. The summed E-state index contributed by atoms with van der Waals surface area (Å²) < 4.78 is 29.3. The molecular weight excluding hydrogens is 407 g/mol. The van der Waals surface area contributed by atoms with E-state index in [4.69, 9.17) is 31.1 Å². The van der Waals surface area contributed by atoms with E-state index in [1.165, 1.54) is 0 Å². The molecule has 3 aliphatic heterocycles. The number of nitrogens with zero attached hydrogens (tertiary/aromatic N) is 3. The van der Waals surface area contributed by atoms with Crippen LogP contribution in [-0.4, -0.2) is 67.7 Å². The van der Waals surface area contributed by atoms with Crippen molar-refractivity contribution in [2.75, 3.05) is 0 Å². The lowest BCUT2D eigenvalue weighted by Gasteiger charge is -2.55. The van der Waals surface area contributed by atoms with Gasteiger partial charge in [-0.05, 0) is 41.5 Å². The van der Waals surface area contributed by atoms with Crippen LogP contribution < -0.4 is 17.2 Å². The number of rotatable bonds is 6. The van der Waals surface area contributed by atoms with Crippen molar-refractivity contribution in [1.82, 2.24) is 15.2 Å². The van der Waals surface area contributed by atoms with Crippen LogP contribution in [0.1, 0.15) is 41.5 Å². The molecule has 0 saturated carbocycles. The average molecular weight is 434 g/mol. The molecule has 29 heavy (non-hydrogen) atoms. The second-order valence-corrected chi connectivity index (χ2v) is 10.4. The Balaban J connectivity index is 1.88. The van der Waals surface area contributed by atoms with Gasteiger partial charge in [0.15, 0.2) is 0 Å². The lowest BCUT2D eigenvalue weighted by molar-refractivity contribution is -0.271. The summed E-state index contributed by atoms with van der Waals surface area (Å²) in [5.41, 5.74) is 14.1. The Hall–Kier alpha value is -1.60. The highest BCUT2D eigenvalue weighted by atomic mass is 31.2. The maximum atomic E-state index is 13.5. The van der Waals surface area contributed by atoms with Crippen molar-refractivity contribution in [3.63, 3.8) is 0 Å². The van der Waals surface area contributed by atoms with Gasteiger partial charge in [0, 0.05) is 0 Å². The van der Waals surface area contributed by atoms with Gasteiger partial charge in [-0.15, -0.1) is 0 Å². The molecule has 0 aromatic heterocycles. The lowest BCUT2D eigenvalue weighted by Crippen LogP contribution is -2.76. The predicted octanol–water partition coefficient (Wildman–Crippen LogP) is -1.27. The number of hydrogen-bond acceptors (Lipinski definition) is 10. The van der Waals surface area contributed by atoms with E-state index in [0.717, 1.165) is 15.2 Å². The van der Waals surface area contributed by atoms with E-state index < -0.39 is 60.3 Å². The van der Waals surface area contributed by atoms with Crippen LogP contribution in [0.5, 0.6) is 0 Å². The zero-order valence-electron chi connectivity index (χ0n) is 17.1. The molecule has 3 aliphatic rings. The van der Waals surface area contributed by atoms with E-state index in [9.17, 15) is 18.9 Å². The maximum absolute atomic E-state index is 13.5. The quantitative estimate of drug-likeness (QED) is 0.336. The van der Waals surface area contributed by atoms with Crippen LogP contribution in [0.25, 0.3) is 0 Å². The van der Waals surface area contributed by atoms with Crippen molar-refractivity contribution >= 4 is 25.5 Å². The first-order valence-electron chi connectivity index (χ1n) is 8.96. The SMILES string of the molecule is CC1(C)[C@H](N)C(=O)N1OP(=O)(ON1C(=O)[C@@H](N)C1(C)C)ON1C(=O)[C@@H](N)C1(C)C. The maximum Gasteiger partial charge on any atom is 0.540 e. The zero-order valence-corrected chi connectivity index (χ0v) is 18.0. The van der Waals surface area contributed by atoms with Gasteiger partial charge in [0.2, 0.25) is 0 Å². The van der Waals surface area contributed by atoms with Crippen LogP contribution in [0.4, 0.5) is 0 Å². The first-order chi connectivity index (χ1) is 13.0. The fourth-order valence-corrected chi connectivity index (χ4v) is 4.66. The fraction of sp³-hybridized carbons (Fsp3) is 0.800. The molecule has 0 aromatic carbocycles. The van der Waals surface area contributed by atoms with Crippen molar-refractivity contribution in [2.24, 2.45) is 17.2 Å². The van der Waals surface area contributed by atoms with Crippen LogP contribution in [0.3, 0.4) is 0 Å². The summed E-state index contributed by atoms with van der Waals surface area (Å²) in [7, 11) is -4.77. The molecule has 13 nitrogen and oxygen atoms in total. The topological polar surface area (TPSA) is 184 Å². The number of hydroxylamine groups is 6. The molecule has 0 radical (unpaired) electrons. The summed E-state index contributed by atoms with van der Waals surface area (Å²) in [5.74, 6) is -2.00. The molecule has 3 atom stereocenters. The molecule has 3 rings (SSSR count). The molecule has 3 heterocycles. The second kappa shape index (κ2) is 6.20. The van der Waals surface area contributed by atoms with Gasteiger partial charge in [0.1, 0.15) is 18.1 Å². The number of phosphoric acid groups is 1. The van der Waals surface area contributed by atoms with E-state index >= 15 is 0 Å². The third-order valence-corrected chi connectivity index (χ3v) is 6.89. The number of β-lactam (4-membered cyclic amide) rings is 3. The van der Waals surface area contributed by atoms with Crippen molar-refractivity contribution in [2.45, 2.75) is 76.3 Å². The van der Waals surface area contributed by atoms with E-state index in [1.54, 1.807) is 41.5 Å². The minimum absolute atomic E-state index is 0.667. The van der Waals surface area contributed by atoms with Crippen LogP contribution in [0.2, 0.25) is 0 Å². The molecule has 164 valence electrons. The van der Waals surface area contributed by atoms with E-state index in [0.29, 0.717) is 0 Å². The van der Waals surface area contributed by atoms with Crippen molar-refractivity contribution in [3.8, 4) is 0 Å². The molecule has 0 aliphatic carbocycles. The first-order valence-corrected chi connectivity index (χ1v) is 10.4. The molecule has 0 bridgehead atoms. The van der Waals surface area contributed by atoms with E-state index in [2.05, 4.69) is 0 Å². The Morgan fingerprint density at radius 3 is 1.03 bits per heavy atom. The molecular formula is C15H27N6O7P. The van der Waals surface area contributed by atoms with Crippen molar-refractivity contribution in [1.29, 1.82) is 0 Å². The third kappa shape index (κ3) is 2.92. The summed E-state index contributed by atoms with van der Waals surface area (Å²) in [4.78, 5) is 36.4. The van der Waals surface area contributed by atoms with E-state index in [1.807, 2.05) is 0 Å². The van der Waals surface area contributed by atoms with Crippen LogP contribution in [0, 0.1) is 0 Å². The Morgan fingerprint density at radius 2 is 0.862 bits per heavy atom. The second-order valence-electron chi connectivity index (χ2n) is 8.98. The fourth-order valence-electron chi connectivity index (χ4n) is 3.10. The van der Waals surface area contributed by atoms with Crippen LogP contribution >= 0.6 is 7.82 Å². The molecule has 0 spiro atoms. The summed E-state index contributed by atoms with van der Waals surface area (Å²) >= 11 is 0. The number of nitrogens with two attached hydrogens (primary N) is 3. The van der Waals surface area contributed by atoms with Gasteiger partial charge in [-0.2, -0.15) is 13.9 Å². The van der Waals surface area contributed by atoms with Crippen molar-refractivity contribution in [3.05, 3.63) is 0 Å². The lowest BCUT2D eigenvalue weighted by atomic mass is 9.86. The number of carbonyl (C=O) groups excluding carboxylic acids is 3. The van der Waals surface area contributed by atoms with Crippen molar-refractivity contribution < 1.29 is 32.8 Å². The molecule has 3 fully saturated rings. The molecule has 0 unspecified atom stereocenters. The Labute approximate surface area is 167 Å². The number of amides is 3. The molecule has 14 heteroatoms. The number of carbonyl (C=O) groups is 3. The van der Waals surface area contributed by atoms with E-state index in [-0.39, 0.29) is 0 Å². The summed E-state index contributed by atoms with van der Waals surface area (Å²) in [6.07, 6.45) is 0. The Morgan fingerprint density at radius 1 is 0.655 bits per heavy atom. The smallest absolute Gasteiger partial charge is 0.318 e. The zero-order chi connectivity index (χ0) is 22.3. The standard InChI is InChI=1S/C15H27N6O7P/c1-13(2)7(16)10(22)19(13)26-29(25,27-20-11(23)8(17)14(20,3)4)28-21-12(24)9(18)15(21,5)6/h7-9H,16-18H2,1-6H3/t7-,8-,9-/m1/s1.